The van der Waals surface area contributed by atoms with E-state index in [0.717, 1.165) is 16.8 Å². The average molecular weight is 350 g/mol. The molecule has 2 aromatic heterocycles. The zero-order chi connectivity index (χ0) is 18.7. The van der Waals surface area contributed by atoms with Crippen LogP contribution in [0.15, 0.2) is 54.7 Å². The van der Waals surface area contributed by atoms with E-state index in [2.05, 4.69) is 10.4 Å². The molecule has 0 bridgehead atoms. The van der Waals surface area contributed by atoms with Gasteiger partial charge < -0.3 is 10.2 Å². The predicted molar refractivity (Wildman–Crippen MR) is 101 cm³/mol. The Labute approximate surface area is 152 Å². The first-order valence-corrected chi connectivity index (χ1v) is 8.52. The summed E-state index contributed by atoms with van der Waals surface area (Å²) in [6.45, 7) is 1.86. The van der Waals surface area contributed by atoms with Gasteiger partial charge in [0, 0.05) is 37.7 Å². The Balaban J connectivity index is 1.80. The minimum Gasteiger partial charge on any atom is -0.359 e. The quantitative estimate of drug-likeness (QED) is 0.769. The van der Waals surface area contributed by atoms with Gasteiger partial charge in [-0.2, -0.15) is 5.10 Å². The third kappa shape index (κ3) is 3.44. The Morgan fingerprint density at radius 2 is 1.88 bits per heavy atom. The van der Waals surface area contributed by atoms with Gasteiger partial charge in [0.1, 0.15) is 0 Å². The first-order valence-electron chi connectivity index (χ1n) is 8.52. The minimum absolute atomic E-state index is 0.0835. The molecule has 26 heavy (non-hydrogen) atoms. The number of carbonyl (C=O) groups excluding carboxylic acids is 2. The van der Waals surface area contributed by atoms with Crippen LogP contribution in [0.2, 0.25) is 0 Å². The van der Waals surface area contributed by atoms with E-state index >= 15 is 0 Å². The Morgan fingerprint density at radius 3 is 2.58 bits per heavy atom. The zero-order valence-corrected chi connectivity index (χ0v) is 15.1. The lowest BCUT2D eigenvalue weighted by atomic mass is 10.1. The van der Waals surface area contributed by atoms with E-state index in [9.17, 15) is 9.59 Å². The van der Waals surface area contributed by atoms with Crippen molar-refractivity contribution in [2.45, 2.75) is 19.4 Å². The number of rotatable bonds is 5. The van der Waals surface area contributed by atoms with Crippen molar-refractivity contribution in [1.29, 1.82) is 0 Å². The van der Waals surface area contributed by atoms with Crippen LogP contribution in [-0.4, -0.2) is 46.5 Å². The fourth-order valence-corrected chi connectivity index (χ4v) is 2.86. The lowest BCUT2D eigenvalue weighted by Gasteiger charge is -2.24. The molecule has 0 saturated carbocycles. The molecule has 6 nitrogen and oxygen atoms in total. The molecule has 0 aliphatic carbocycles. The van der Waals surface area contributed by atoms with Gasteiger partial charge in [-0.05, 0) is 37.3 Å². The number of aromatic nitrogens is 2. The lowest BCUT2D eigenvalue weighted by Crippen LogP contribution is -2.38. The SMILES string of the molecule is CNC(=O)C[C@H](C)N(C)C(=O)c1ccc(-c2cccc3ccnn23)cc1. The molecule has 1 N–H and O–H groups in total. The van der Waals surface area contributed by atoms with Gasteiger partial charge in [0.25, 0.3) is 5.91 Å². The monoisotopic (exact) mass is 350 g/mol. The van der Waals surface area contributed by atoms with Crippen LogP contribution >= 0.6 is 0 Å². The number of nitrogens with zero attached hydrogens (tertiary/aromatic N) is 3. The highest BCUT2D eigenvalue weighted by Gasteiger charge is 2.19. The van der Waals surface area contributed by atoms with Crippen molar-refractivity contribution in [1.82, 2.24) is 19.8 Å². The first-order chi connectivity index (χ1) is 12.5. The lowest BCUT2D eigenvalue weighted by molar-refractivity contribution is -0.121. The molecule has 0 fully saturated rings. The molecule has 0 unspecified atom stereocenters. The Hall–Kier alpha value is -3.15. The van der Waals surface area contributed by atoms with Crippen LogP contribution in [0.1, 0.15) is 23.7 Å². The highest BCUT2D eigenvalue weighted by atomic mass is 16.2. The summed E-state index contributed by atoms with van der Waals surface area (Å²) >= 11 is 0. The molecule has 134 valence electrons. The van der Waals surface area contributed by atoms with Crippen LogP contribution in [0.25, 0.3) is 16.8 Å². The average Bonchev–Trinajstić information content (AvgIpc) is 3.15. The van der Waals surface area contributed by atoms with Crippen LogP contribution < -0.4 is 5.32 Å². The molecule has 0 aliphatic heterocycles. The topological polar surface area (TPSA) is 66.7 Å². The van der Waals surface area contributed by atoms with Gasteiger partial charge in [-0.1, -0.05) is 18.2 Å². The maximum Gasteiger partial charge on any atom is 0.253 e. The molecule has 6 heteroatoms. The number of benzene rings is 1. The number of hydrogen-bond donors (Lipinski definition) is 1. The second kappa shape index (κ2) is 7.39. The van der Waals surface area contributed by atoms with Crippen molar-refractivity contribution in [3.63, 3.8) is 0 Å². The van der Waals surface area contributed by atoms with E-state index in [1.54, 1.807) is 25.2 Å². The summed E-state index contributed by atoms with van der Waals surface area (Å²) in [5.74, 6) is -0.190. The van der Waals surface area contributed by atoms with E-state index in [-0.39, 0.29) is 24.3 Å². The Kier molecular flexibility index (Phi) is 5.02. The molecule has 2 amide bonds. The largest absolute Gasteiger partial charge is 0.359 e. The standard InChI is InChI=1S/C20H22N4O2/c1-14(13-19(25)21-2)23(3)20(26)16-9-7-15(8-10-16)18-6-4-5-17-11-12-22-24(17)18/h4-12,14H,13H2,1-3H3,(H,21,25)/t14-/m0/s1. The van der Waals surface area contributed by atoms with Crippen molar-refractivity contribution in [3.8, 4) is 11.3 Å². The third-order valence-corrected chi connectivity index (χ3v) is 4.59. The predicted octanol–water partition coefficient (Wildman–Crippen LogP) is 2.60. The molecular formula is C20H22N4O2. The van der Waals surface area contributed by atoms with Crippen LogP contribution in [0, 0.1) is 0 Å². The second-order valence-electron chi connectivity index (χ2n) is 6.30. The van der Waals surface area contributed by atoms with E-state index in [1.807, 2.05) is 60.0 Å². The third-order valence-electron chi connectivity index (χ3n) is 4.59. The maximum atomic E-state index is 12.7. The van der Waals surface area contributed by atoms with Gasteiger partial charge >= 0.3 is 0 Å². The summed E-state index contributed by atoms with van der Waals surface area (Å²) in [5.41, 5.74) is 3.56. The Morgan fingerprint density at radius 1 is 1.15 bits per heavy atom. The zero-order valence-electron chi connectivity index (χ0n) is 15.1. The molecule has 1 atom stereocenters. The van der Waals surface area contributed by atoms with Crippen molar-refractivity contribution in [2.75, 3.05) is 14.1 Å². The van der Waals surface area contributed by atoms with Crippen LogP contribution in [-0.2, 0) is 4.79 Å². The number of carbonyl (C=O) groups is 2. The number of amides is 2. The smallest absolute Gasteiger partial charge is 0.253 e. The second-order valence-corrected chi connectivity index (χ2v) is 6.30. The van der Waals surface area contributed by atoms with Gasteiger partial charge in [0.2, 0.25) is 5.91 Å². The number of fused-ring (bicyclic) bond motifs is 1. The molecular weight excluding hydrogens is 328 g/mol. The fourth-order valence-electron chi connectivity index (χ4n) is 2.86. The van der Waals surface area contributed by atoms with E-state index in [4.69, 9.17) is 0 Å². The molecule has 0 saturated heterocycles. The van der Waals surface area contributed by atoms with Crippen LogP contribution in [0.5, 0.6) is 0 Å². The van der Waals surface area contributed by atoms with E-state index in [0.29, 0.717) is 5.56 Å². The normalized spacial score (nSPS) is 12.0. The van der Waals surface area contributed by atoms with Crippen molar-refractivity contribution < 1.29 is 9.59 Å². The fraction of sp³-hybridized carbons (Fsp3) is 0.250. The summed E-state index contributed by atoms with van der Waals surface area (Å²) in [6, 6.07) is 15.2. The summed E-state index contributed by atoms with van der Waals surface area (Å²) in [6.07, 6.45) is 2.04. The number of nitrogens with one attached hydrogen (secondary N) is 1. The summed E-state index contributed by atoms with van der Waals surface area (Å²) < 4.78 is 1.87. The Bertz CT molecular complexity index is 930. The molecule has 3 rings (SSSR count). The number of hydrogen-bond acceptors (Lipinski definition) is 3. The maximum absolute atomic E-state index is 12.7. The molecule has 0 aliphatic rings. The van der Waals surface area contributed by atoms with Crippen molar-refractivity contribution >= 4 is 17.3 Å². The minimum atomic E-state index is -0.181. The van der Waals surface area contributed by atoms with E-state index in [1.165, 1.54) is 0 Å². The van der Waals surface area contributed by atoms with Gasteiger partial charge in [-0.25, -0.2) is 4.52 Å². The van der Waals surface area contributed by atoms with Crippen molar-refractivity contribution in [2.24, 2.45) is 0 Å². The number of pyridine rings is 1. The van der Waals surface area contributed by atoms with Crippen LogP contribution in [0.4, 0.5) is 0 Å². The van der Waals surface area contributed by atoms with Gasteiger partial charge in [-0.3, -0.25) is 9.59 Å². The highest BCUT2D eigenvalue weighted by Crippen LogP contribution is 2.21. The van der Waals surface area contributed by atoms with Crippen molar-refractivity contribution in [3.05, 3.63) is 60.3 Å². The summed E-state index contributed by atoms with van der Waals surface area (Å²) in [5, 5.41) is 6.93. The molecule has 0 spiro atoms. The van der Waals surface area contributed by atoms with Gasteiger partial charge in [-0.15, -0.1) is 0 Å². The van der Waals surface area contributed by atoms with Crippen LogP contribution in [0.3, 0.4) is 0 Å². The molecule has 1 aromatic carbocycles. The summed E-state index contributed by atoms with van der Waals surface area (Å²) in [4.78, 5) is 25.8. The molecule has 0 radical (unpaired) electrons. The highest BCUT2D eigenvalue weighted by molar-refractivity contribution is 5.95. The summed E-state index contributed by atoms with van der Waals surface area (Å²) in [7, 11) is 3.31. The molecule has 3 aromatic rings. The van der Waals surface area contributed by atoms with Gasteiger partial charge in [0.15, 0.2) is 0 Å². The van der Waals surface area contributed by atoms with Gasteiger partial charge in [0.05, 0.1) is 17.4 Å². The van der Waals surface area contributed by atoms with E-state index < -0.39 is 0 Å². The first kappa shape index (κ1) is 17.7. The molecule has 2 heterocycles.